The monoisotopic (exact) mass is 402 g/mol. The number of aromatic amines is 1. The molecule has 142 valence electrons. The molecule has 1 N–H and O–H groups in total. The summed E-state index contributed by atoms with van der Waals surface area (Å²) in [5, 5.41) is 1.40. The van der Waals surface area contributed by atoms with Gasteiger partial charge < -0.3 is 9.88 Å². The summed E-state index contributed by atoms with van der Waals surface area (Å²) in [7, 11) is 1.78. The number of thiazole rings is 1. The first-order valence-corrected chi connectivity index (χ1v) is 10.6. The van der Waals surface area contributed by atoms with Crippen LogP contribution in [0.1, 0.15) is 37.0 Å². The first-order chi connectivity index (χ1) is 13.0. The number of fused-ring (bicyclic) bond motifs is 1. The van der Waals surface area contributed by atoms with Gasteiger partial charge in [0.05, 0.1) is 22.0 Å². The van der Waals surface area contributed by atoms with Crippen LogP contribution >= 0.6 is 23.1 Å². The van der Waals surface area contributed by atoms with Crippen molar-refractivity contribution in [2.24, 2.45) is 0 Å². The van der Waals surface area contributed by atoms with Gasteiger partial charge in [-0.25, -0.2) is 9.97 Å². The van der Waals surface area contributed by atoms with Gasteiger partial charge in [-0.05, 0) is 25.5 Å². The summed E-state index contributed by atoms with van der Waals surface area (Å²) in [6.45, 7) is 4.01. The highest BCUT2D eigenvalue weighted by atomic mass is 32.2. The molecule has 0 aliphatic heterocycles. The van der Waals surface area contributed by atoms with Crippen molar-refractivity contribution in [1.82, 2.24) is 19.9 Å². The number of aromatic nitrogens is 3. The molecule has 1 aromatic carbocycles. The Morgan fingerprint density at radius 3 is 2.85 bits per heavy atom. The third-order valence-electron chi connectivity index (χ3n) is 4.25. The fourth-order valence-corrected chi connectivity index (χ4v) is 4.50. The molecule has 27 heavy (non-hydrogen) atoms. The average molecular weight is 403 g/mol. The van der Waals surface area contributed by atoms with Crippen molar-refractivity contribution in [3.63, 3.8) is 0 Å². The van der Waals surface area contributed by atoms with Crippen LogP contribution in [0.2, 0.25) is 0 Å². The van der Waals surface area contributed by atoms with Crippen LogP contribution in [0, 0.1) is 0 Å². The molecule has 0 saturated carbocycles. The van der Waals surface area contributed by atoms with E-state index in [0.29, 0.717) is 5.16 Å². The third-order valence-corrected chi connectivity index (χ3v) is 6.32. The van der Waals surface area contributed by atoms with Crippen LogP contribution in [-0.4, -0.2) is 38.6 Å². The summed E-state index contributed by atoms with van der Waals surface area (Å²) in [6, 6.07) is 9.35. The predicted molar refractivity (Wildman–Crippen MR) is 110 cm³/mol. The summed E-state index contributed by atoms with van der Waals surface area (Å²) in [5.41, 5.74) is 1.53. The van der Waals surface area contributed by atoms with E-state index in [-0.39, 0.29) is 23.3 Å². The molecule has 2 heterocycles. The molecule has 0 aliphatic carbocycles. The van der Waals surface area contributed by atoms with Crippen molar-refractivity contribution in [1.29, 1.82) is 0 Å². The molecule has 1 atom stereocenters. The molecule has 0 saturated heterocycles. The summed E-state index contributed by atoms with van der Waals surface area (Å²) >= 11 is 2.86. The Morgan fingerprint density at radius 2 is 2.11 bits per heavy atom. The Kier molecular flexibility index (Phi) is 6.28. The lowest BCUT2D eigenvalue weighted by molar-refractivity contribution is -0.128. The lowest BCUT2D eigenvalue weighted by Gasteiger charge is -2.23. The molecule has 0 spiro atoms. The van der Waals surface area contributed by atoms with Gasteiger partial charge in [0, 0.05) is 18.8 Å². The highest BCUT2D eigenvalue weighted by Gasteiger charge is 2.21. The maximum atomic E-state index is 12.6. The normalized spacial score (nSPS) is 12.3. The van der Waals surface area contributed by atoms with Crippen molar-refractivity contribution in [2.45, 2.75) is 37.9 Å². The highest BCUT2D eigenvalue weighted by Crippen LogP contribution is 2.29. The molecule has 6 nitrogen and oxygen atoms in total. The van der Waals surface area contributed by atoms with Gasteiger partial charge in [0.2, 0.25) is 5.91 Å². The fraction of sp³-hybridized carbons (Fsp3) is 0.368. The number of hydrogen-bond acceptors (Lipinski definition) is 6. The molecule has 2 aromatic heterocycles. The third kappa shape index (κ3) is 4.75. The zero-order valence-corrected chi connectivity index (χ0v) is 17.2. The number of rotatable bonds is 7. The second kappa shape index (κ2) is 8.67. The topological polar surface area (TPSA) is 79.0 Å². The molecule has 1 amide bonds. The van der Waals surface area contributed by atoms with Gasteiger partial charge in [-0.2, -0.15) is 0 Å². The minimum atomic E-state index is -0.181. The number of carbonyl (C=O) groups excluding carboxylic acids is 1. The predicted octanol–water partition coefficient (Wildman–Crippen LogP) is 3.64. The van der Waals surface area contributed by atoms with Crippen molar-refractivity contribution >= 4 is 39.2 Å². The maximum Gasteiger partial charge on any atom is 0.251 e. The van der Waals surface area contributed by atoms with Crippen molar-refractivity contribution in [3.05, 3.63) is 51.4 Å². The van der Waals surface area contributed by atoms with Crippen LogP contribution in [0.5, 0.6) is 0 Å². The molecule has 8 heteroatoms. The van der Waals surface area contributed by atoms with Crippen LogP contribution < -0.4 is 5.56 Å². The number of H-pyrrole nitrogens is 1. The van der Waals surface area contributed by atoms with E-state index in [1.807, 2.05) is 38.1 Å². The molecular formula is C19H22N4O2S2. The van der Waals surface area contributed by atoms with Crippen LogP contribution in [0.15, 0.2) is 40.3 Å². The second-order valence-corrected chi connectivity index (χ2v) is 8.31. The Morgan fingerprint density at radius 1 is 1.33 bits per heavy atom. The van der Waals surface area contributed by atoms with E-state index in [1.165, 1.54) is 17.8 Å². The van der Waals surface area contributed by atoms with Gasteiger partial charge in [-0.1, -0.05) is 37.2 Å². The molecule has 0 aliphatic rings. The SMILES string of the molecule is CCCc1cc(=O)[nH]c(SCC(=O)N(C)C(C)c2nc3ccccc3s2)n1. The van der Waals surface area contributed by atoms with Gasteiger partial charge in [-0.3, -0.25) is 9.59 Å². The van der Waals surface area contributed by atoms with E-state index in [9.17, 15) is 9.59 Å². The number of aryl methyl sites for hydroxylation is 1. The molecule has 3 rings (SSSR count). The largest absolute Gasteiger partial charge is 0.336 e. The zero-order valence-electron chi connectivity index (χ0n) is 15.6. The van der Waals surface area contributed by atoms with Gasteiger partial charge >= 0.3 is 0 Å². The Hall–Kier alpha value is -2.19. The van der Waals surface area contributed by atoms with Crippen molar-refractivity contribution in [2.75, 3.05) is 12.8 Å². The summed E-state index contributed by atoms with van der Waals surface area (Å²) in [6.07, 6.45) is 1.67. The lowest BCUT2D eigenvalue weighted by atomic mass is 10.2. The van der Waals surface area contributed by atoms with E-state index < -0.39 is 0 Å². The van der Waals surface area contributed by atoms with E-state index in [2.05, 4.69) is 15.0 Å². The van der Waals surface area contributed by atoms with Gasteiger partial charge in [-0.15, -0.1) is 11.3 Å². The maximum absolute atomic E-state index is 12.6. The Balaban J connectivity index is 1.65. The molecule has 0 fully saturated rings. The van der Waals surface area contributed by atoms with E-state index in [0.717, 1.165) is 33.8 Å². The fourth-order valence-electron chi connectivity index (χ4n) is 2.62. The van der Waals surface area contributed by atoms with Crippen LogP contribution in [-0.2, 0) is 11.2 Å². The standard InChI is InChI=1S/C19H22N4O2S2/c1-4-7-13-10-16(24)22-19(20-13)26-11-17(25)23(3)12(2)18-21-14-8-5-6-9-15(14)27-18/h5-6,8-10,12H,4,7,11H2,1-3H3,(H,20,22,24). The zero-order chi connectivity index (χ0) is 19.4. The van der Waals surface area contributed by atoms with Crippen molar-refractivity contribution < 1.29 is 4.79 Å². The molecule has 3 aromatic rings. The minimum absolute atomic E-state index is 0.0321. The van der Waals surface area contributed by atoms with Crippen LogP contribution in [0.3, 0.4) is 0 Å². The Bertz CT molecular complexity index is 966. The highest BCUT2D eigenvalue weighted by molar-refractivity contribution is 7.99. The van der Waals surface area contributed by atoms with Crippen LogP contribution in [0.25, 0.3) is 10.2 Å². The first kappa shape index (κ1) is 19.6. The summed E-state index contributed by atoms with van der Waals surface area (Å²) < 4.78 is 1.11. The number of para-hydroxylation sites is 1. The molecule has 0 radical (unpaired) electrons. The minimum Gasteiger partial charge on any atom is -0.336 e. The van der Waals surface area contributed by atoms with Gasteiger partial charge in [0.25, 0.3) is 5.56 Å². The summed E-state index contributed by atoms with van der Waals surface area (Å²) in [4.78, 5) is 37.8. The molecule has 1 unspecified atom stereocenters. The van der Waals surface area contributed by atoms with E-state index in [1.54, 1.807) is 23.3 Å². The number of thioether (sulfide) groups is 1. The Labute approximate surface area is 166 Å². The molecular weight excluding hydrogens is 380 g/mol. The summed E-state index contributed by atoms with van der Waals surface area (Å²) in [5.74, 6) is 0.180. The van der Waals surface area contributed by atoms with E-state index in [4.69, 9.17) is 0 Å². The van der Waals surface area contributed by atoms with Crippen molar-refractivity contribution in [3.8, 4) is 0 Å². The van der Waals surface area contributed by atoms with Crippen LogP contribution in [0.4, 0.5) is 0 Å². The smallest absolute Gasteiger partial charge is 0.251 e. The van der Waals surface area contributed by atoms with Gasteiger partial charge in [0.1, 0.15) is 5.01 Å². The number of hydrogen-bond donors (Lipinski definition) is 1. The first-order valence-electron chi connectivity index (χ1n) is 8.82. The van der Waals surface area contributed by atoms with E-state index >= 15 is 0 Å². The number of nitrogens with one attached hydrogen (secondary N) is 1. The molecule has 0 bridgehead atoms. The second-order valence-electron chi connectivity index (χ2n) is 6.28. The quantitative estimate of drug-likeness (QED) is 0.482. The average Bonchev–Trinajstić information content (AvgIpc) is 3.09. The number of carbonyl (C=O) groups is 1. The number of benzene rings is 1. The number of amides is 1. The number of nitrogens with zero attached hydrogens (tertiary/aromatic N) is 3. The van der Waals surface area contributed by atoms with Gasteiger partial charge in [0.15, 0.2) is 5.16 Å². The lowest BCUT2D eigenvalue weighted by Crippen LogP contribution is -2.31.